The third-order valence-electron chi connectivity index (χ3n) is 3.86. The van der Waals surface area contributed by atoms with Gasteiger partial charge in [-0.1, -0.05) is 18.0 Å². The molecule has 2 atom stereocenters. The molecular weight excluding hydrogens is 300 g/mol. The van der Waals surface area contributed by atoms with Crippen LogP contribution in [0.2, 0.25) is 5.02 Å². The minimum atomic E-state index is -0.359. The van der Waals surface area contributed by atoms with Crippen LogP contribution in [-0.4, -0.2) is 22.3 Å². The Bertz CT molecular complexity index is 618. The molecule has 1 saturated carbocycles. The van der Waals surface area contributed by atoms with Gasteiger partial charge in [0.15, 0.2) is 0 Å². The summed E-state index contributed by atoms with van der Waals surface area (Å²) in [6.07, 6.45) is 6.77. The Hall–Kier alpha value is -1.78. The van der Waals surface area contributed by atoms with Crippen LogP contribution in [0, 0.1) is 0 Å². The van der Waals surface area contributed by atoms with E-state index in [0.717, 1.165) is 42.8 Å². The summed E-state index contributed by atoms with van der Waals surface area (Å²) in [5.41, 5.74) is 1.73. The number of ether oxygens (including phenoxy) is 1. The van der Waals surface area contributed by atoms with E-state index in [1.165, 1.54) is 0 Å². The Morgan fingerprint density at radius 2 is 1.91 bits per heavy atom. The first-order chi connectivity index (χ1) is 10.7. The van der Waals surface area contributed by atoms with Crippen molar-refractivity contribution in [3.05, 3.63) is 47.7 Å². The third kappa shape index (κ3) is 3.70. The summed E-state index contributed by atoms with van der Waals surface area (Å²) < 4.78 is 5.88. The lowest BCUT2D eigenvalue weighted by molar-refractivity contribution is 0.00688. The van der Waals surface area contributed by atoms with Gasteiger partial charge in [0.2, 0.25) is 0 Å². The van der Waals surface area contributed by atoms with E-state index in [9.17, 15) is 5.11 Å². The first-order valence-corrected chi connectivity index (χ1v) is 7.91. The Balaban J connectivity index is 1.64. The number of aliphatic hydroxyl groups excluding tert-OH is 1. The van der Waals surface area contributed by atoms with E-state index in [1.807, 2.05) is 30.3 Å². The van der Waals surface area contributed by atoms with Crippen molar-refractivity contribution in [3.63, 3.8) is 0 Å². The van der Waals surface area contributed by atoms with Gasteiger partial charge in [-0.3, -0.25) is 4.98 Å². The maximum absolute atomic E-state index is 9.95. The van der Waals surface area contributed by atoms with Gasteiger partial charge in [0.25, 0.3) is 0 Å². The minimum absolute atomic E-state index is 0.0952. The number of rotatable bonds is 4. The van der Waals surface area contributed by atoms with Crippen LogP contribution in [0.4, 0.5) is 11.4 Å². The first kappa shape index (κ1) is 15.1. The third-order valence-corrected chi connectivity index (χ3v) is 4.16. The lowest BCUT2D eigenvalue weighted by Gasteiger charge is -2.28. The number of anilines is 2. The average molecular weight is 319 g/mol. The lowest BCUT2D eigenvalue weighted by atomic mass is 9.95. The second-order valence-corrected chi connectivity index (χ2v) is 5.92. The van der Waals surface area contributed by atoms with E-state index in [4.69, 9.17) is 16.3 Å². The number of hydrogen-bond acceptors (Lipinski definition) is 4. The zero-order valence-corrected chi connectivity index (χ0v) is 13.0. The van der Waals surface area contributed by atoms with Crippen molar-refractivity contribution in [1.29, 1.82) is 0 Å². The molecule has 1 aliphatic carbocycles. The van der Waals surface area contributed by atoms with Gasteiger partial charge in [-0.15, -0.1) is 0 Å². The lowest BCUT2D eigenvalue weighted by Crippen LogP contribution is -2.34. The Kier molecular flexibility index (Phi) is 4.80. The van der Waals surface area contributed by atoms with Crippen LogP contribution < -0.4 is 10.1 Å². The van der Waals surface area contributed by atoms with Crippen LogP contribution in [0.3, 0.4) is 0 Å². The standard InChI is InChI=1S/C17H19ClN2O2/c18-14-11-19-10-9-15(14)20-12-5-7-13(8-6-12)22-17-4-2-1-3-16(17)21/h5-11,16-17,21H,1-4H2,(H,19,20)/t16-,17-/m1/s1. The minimum Gasteiger partial charge on any atom is -0.488 e. The second-order valence-electron chi connectivity index (χ2n) is 5.51. The van der Waals surface area contributed by atoms with Gasteiger partial charge < -0.3 is 15.2 Å². The molecule has 0 bridgehead atoms. The van der Waals surface area contributed by atoms with Crippen molar-refractivity contribution in [2.24, 2.45) is 0 Å². The van der Waals surface area contributed by atoms with Crippen molar-refractivity contribution in [2.75, 3.05) is 5.32 Å². The zero-order valence-electron chi connectivity index (χ0n) is 12.2. The summed E-state index contributed by atoms with van der Waals surface area (Å²) in [4.78, 5) is 3.96. The molecule has 22 heavy (non-hydrogen) atoms. The van der Waals surface area contributed by atoms with Gasteiger partial charge in [0, 0.05) is 18.1 Å². The summed E-state index contributed by atoms with van der Waals surface area (Å²) in [6, 6.07) is 9.49. The van der Waals surface area contributed by atoms with Gasteiger partial charge >= 0.3 is 0 Å². The molecule has 1 aromatic heterocycles. The van der Waals surface area contributed by atoms with Gasteiger partial charge in [0.1, 0.15) is 11.9 Å². The number of benzene rings is 1. The van der Waals surface area contributed by atoms with Crippen molar-refractivity contribution in [3.8, 4) is 5.75 Å². The topological polar surface area (TPSA) is 54.4 Å². The Morgan fingerprint density at radius 3 is 2.64 bits per heavy atom. The molecule has 0 radical (unpaired) electrons. The number of nitrogens with zero attached hydrogens (tertiary/aromatic N) is 1. The Morgan fingerprint density at radius 1 is 1.14 bits per heavy atom. The molecule has 116 valence electrons. The van der Waals surface area contributed by atoms with Gasteiger partial charge in [-0.05, 0) is 49.6 Å². The largest absolute Gasteiger partial charge is 0.488 e. The first-order valence-electron chi connectivity index (χ1n) is 7.54. The van der Waals surface area contributed by atoms with Crippen molar-refractivity contribution in [2.45, 2.75) is 37.9 Å². The van der Waals surface area contributed by atoms with Crippen LogP contribution in [0.25, 0.3) is 0 Å². The predicted octanol–water partition coefficient (Wildman–Crippen LogP) is 4.16. The maximum atomic E-state index is 9.95. The molecule has 0 unspecified atom stereocenters. The van der Waals surface area contributed by atoms with Crippen molar-refractivity contribution >= 4 is 23.0 Å². The fraction of sp³-hybridized carbons (Fsp3) is 0.353. The highest BCUT2D eigenvalue weighted by molar-refractivity contribution is 6.33. The van der Waals surface area contributed by atoms with E-state index in [1.54, 1.807) is 12.4 Å². The number of hydrogen-bond donors (Lipinski definition) is 2. The fourth-order valence-corrected chi connectivity index (χ4v) is 2.81. The molecule has 1 fully saturated rings. The molecule has 1 heterocycles. The predicted molar refractivity (Wildman–Crippen MR) is 87.9 cm³/mol. The van der Waals surface area contributed by atoms with E-state index >= 15 is 0 Å². The van der Waals surface area contributed by atoms with E-state index in [2.05, 4.69) is 10.3 Å². The van der Waals surface area contributed by atoms with Crippen molar-refractivity contribution in [1.82, 2.24) is 4.98 Å². The monoisotopic (exact) mass is 318 g/mol. The zero-order chi connectivity index (χ0) is 15.4. The highest BCUT2D eigenvalue weighted by Crippen LogP contribution is 2.27. The number of pyridine rings is 1. The summed E-state index contributed by atoms with van der Waals surface area (Å²) in [6.45, 7) is 0. The van der Waals surface area contributed by atoms with E-state index in [-0.39, 0.29) is 12.2 Å². The van der Waals surface area contributed by atoms with Gasteiger partial charge in [-0.25, -0.2) is 0 Å². The van der Waals surface area contributed by atoms with Crippen molar-refractivity contribution < 1.29 is 9.84 Å². The number of halogens is 1. The number of aliphatic hydroxyl groups is 1. The quantitative estimate of drug-likeness (QED) is 0.888. The molecule has 0 amide bonds. The summed E-state index contributed by atoms with van der Waals surface area (Å²) >= 11 is 6.07. The SMILES string of the molecule is O[C@@H]1CCCC[C@H]1Oc1ccc(Nc2ccncc2Cl)cc1. The fourth-order valence-electron chi connectivity index (χ4n) is 2.64. The number of nitrogens with one attached hydrogen (secondary N) is 1. The van der Waals surface area contributed by atoms with Crippen LogP contribution >= 0.6 is 11.6 Å². The van der Waals surface area contributed by atoms with Crippen LogP contribution in [0.15, 0.2) is 42.7 Å². The summed E-state index contributed by atoms with van der Waals surface area (Å²) in [5.74, 6) is 0.775. The molecule has 5 heteroatoms. The molecule has 0 saturated heterocycles. The maximum Gasteiger partial charge on any atom is 0.124 e. The highest BCUT2D eigenvalue weighted by Gasteiger charge is 2.24. The molecule has 3 rings (SSSR count). The van der Waals surface area contributed by atoms with Gasteiger partial charge in [-0.2, -0.15) is 0 Å². The molecular formula is C17H19ClN2O2. The summed E-state index contributed by atoms with van der Waals surface area (Å²) in [5, 5.41) is 13.8. The Labute approximate surface area is 135 Å². The molecule has 1 aromatic carbocycles. The molecule has 1 aliphatic rings. The van der Waals surface area contributed by atoms with Crippen LogP contribution in [0.5, 0.6) is 5.75 Å². The molecule has 4 nitrogen and oxygen atoms in total. The molecule has 2 aromatic rings. The van der Waals surface area contributed by atoms with E-state index in [0.29, 0.717) is 5.02 Å². The summed E-state index contributed by atoms with van der Waals surface area (Å²) in [7, 11) is 0. The smallest absolute Gasteiger partial charge is 0.124 e. The molecule has 2 N–H and O–H groups in total. The normalized spacial score (nSPS) is 21.4. The number of aromatic nitrogens is 1. The van der Waals surface area contributed by atoms with Gasteiger partial charge in [0.05, 0.1) is 16.8 Å². The van der Waals surface area contributed by atoms with Crippen LogP contribution in [0.1, 0.15) is 25.7 Å². The average Bonchev–Trinajstić information content (AvgIpc) is 2.54. The van der Waals surface area contributed by atoms with E-state index < -0.39 is 0 Å². The molecule has 0 aliphatic heterocycles. The highest BCUT2D eigenvalue weighted by atomic mass is 35.5. The van der Waals surface area contributed by atoms with Crippen LogP contribution in [-0.2, 0) is 0 Å². The molecule has 0 spiro atoms. The second kappa shape index (κ2) is 6.99.